The Kier molecular flexibility index (Phi) is 3.69. The van der Waals surface area contributed by atoms with Gasteiger partial charge in [0.25, 0.3) is 0 Å². The van der Waals surface area contributed by atoms with Gasteiger partial charge < -0.3 is 10.6 Å². The first-order chi connectivity index (χ1) is 6.90. The summed E-state index contributed by atoms with van der Waals surface area (Å²) in [4.78, 5) is 4.36. The minimum Gasteiger partial charge on any atom is -0.373 e. The van der Waals surface area contributed by atoms with Gasteiger partial charge in [-0.05, 0) is 45.4 Å². The summed E-state index contributed by atoms with van der Waals surface area (Å²) in [5.74, 6) is 0.931. The summed E-state index contributed by atoms with van der Waals surface area (Å²) in [6.45, 7) is 9.39. The molecule has 0 bridgehead atoms. The number of hydrogen-bond donors (Lipinski definition) is 2. The third-order valence-corrected chi connectivity index (χ3v) is 2.09. The average Bonchev–Trinajstić information content (AvgIpc) is 2.13. The van der Waals surface area contributed by atoms with E-state index >= 15 is 0 Å². The van der Waals surface area contributed by atoms with Gasteiger partial charge in [0, 0.05) is 24.8 Å². The van der Waals surface area contributed by atoms with E-state index in [4.69, 9.17) is 0 Å². The highest BCUT2D eigenvalue weighted by molar-refractivity contribution is 5.38. The van der Waals surface area contributed by atoms with E-state index in [9.17, 15) is 0 Å². The molecule has 0 aliphatic rings. The minimum atomic E-state index is 0.150. The molecule has 0 aliphatic carbocycles. The van der Waals surface area contributed by atoms with Gasteiger partial charge in [0.2, 0.25) is 0 Å². The molecule has 0 saturated heterocycles. The fraction of sp³-hybridized carbons (Fsp3) is 0.583. The van der Waals surface area contributed by atoms with E-state index in [1.807, 2.05) is 14.0 Å². The van der Waals surface area contributed by atoms with Gasteiger partial charge in [-0.25, -0.2) is 4.98 Å². The maximum atomic E-state index is 4.36. The highest BCUT2D eigenvalue weighted by Gasteiger charge is 2.08. The molecular weight excluding hydrogens is 186 g/mol. The molecule has 0 unspecified atom stereocenters. The lowest BCUT2D eigenvalue weighted by Gasteiger charge is -2.20. The second-order valence-corrected chi connectivity index (χ2v) is 4.86. The minimum absolute atomic E-state index is 0.150. The van der Waals surface area contributed by atoms with Crippen molar-refractivity contribution in [2.24, 2.45) is 0 Å². The van der Waals surface area contributed by atoms with E-state index in [1.165, 1.54) is 5.56 Å². The van der Waals surface area contributed by atoms with Crippen LogP contribution in [0.2, 0.25) is 0 Å². The first-order valence-corrected chi connectivity index (χ1v) is 5.31. The lowest BCUT2D eigenvalue weighted by molar-refractivity contribution is 0.424. The van der Waals surface area contributed by atoms with E-state index in [2.05, 4.69) is 48.5 Å². The normalized spacial score (nSPS) is 11.5. The van der Waals surface area contributed by atoms with Gasteiger partial charge in [-0.1, -0.05) is 0 Å². The van der Waals surface area contributed by atoms with Crippen LogP contribution in [-0.4, -0.2) is 17.6 Å². The van der Waals surface area contributed by atoms with Crippen molar-refractivity contribution >= 4 is 5.82 Å². The van der Waals surface area contributed by atoms with Crippen LogP contribution >= 0.6 is 0 Å². The van der Waals surface area contributed by atoms with Crippen molar-refractivity contribution in [2.75, 3.05) is 12.4 Å². The third kappa shape index (κ3) is 4.30. The zero-order valence-electron chi connectivity index (χ0n) is 10.3. The highest BCUT2D eigenvalue weighted by Crippen LogP contribution is 2.10. The van der Waals surface area contributed by atoms with Gasteiger partial charge in [-0.15, -0.1) is 0 Å². The smallest absolute Gasteiger partial charge is 0.126 e. The molecular formula is C12H21N3. The Balaban J connectivity index is 2.73. The monoisotopic (exact) mass is 207 g/mol. The van der Waals surface area contributed by atoms with Crippen LogP contribution < -0.4 is 10.6 Å². The summed E-state index contributed by atoms with van der Waals surface area (Å²) in [6.07, 6.45) is 0. The van der Waals surface area contributed by atoms with Crippen LogP contribution in [0.1, 0.15) is 32.0 Å². The largest absolute Gasteiger partial charge is 0.373 e. The fourth-order valence-electron chi connectivity index (χ4n) is 1.34. The zero-order valence-corrected chi connectivity index (χ0v) is 10.3. The zero-order chi connectivity index (χ0) is 11.5. The lowest BCUT2D eigenvalue weighted by atomic mass is 10.1. The summed E-state index contributed by atoms with van der Waals surface area (Å²) in [5, 5.41) is 6.53. The van der Waals surface area contributed by atoms with Crippen molar-refractivity contribution in [3.63, 3.8) is 0 Å². The summed E-state index contributed by atoms with van der Waals surface area (Å²) in [7, 11) is 1.89. The first-order valence-electron chi connectivity index (χ1n) is 5.31. The second kappa shape index (κ2) is 4.62. The Morgan fingerprint density at radius 2 is 1.93 bits per heavy atom. The fourth-order valence-corrected chi connectivity index (χ4v) is 1.34. The van der Waals surface area contributed by atoms with E-state index < -0.39 is 0 Å². The molecule has 0 fully saturated rings. The van der Waals surface area contributed by atoms with Crippen molar-refractivity contribution in [3.8, 4) is 0 Å². The van der Waals surface area contributed by atoms with E-state index in [0.717, 1.165) is 18.1 Å². The number of nitrogens with zero attached hydrogens (tertiary/aromatic N) is 1. The van der Waals surface area contributed by atoms with E-state index in [-0.39, 0.29) is 5.54 Å². The SMILES string of the molecule is CNc1cc(CNC(C)(C)C)cc(C)n1. The van der Waals surface area contributed by atoms with Crippen molar-refractivity contribution in [1.82, 2.24) is 10.3 Å². The number of anilines is 1. The Hall–Kier alpha value is -1.09. The van der Waals surface area contributed by atoms with E-state index in [1.54, 1.807) is 0 Å². The Morgan fingerprint density at radius 1 is 1.27 bits per heavy atom. The molecule has 15 heavy (non-hydrogen) atoms. The molecule has 0 radical (unpaired) electrons. The number of aromatic nitrogens is 1. The topological polar surface area (TPSA) is 37.0 Å². The van der Waals surface area contributed by atoms with Gasteiger partial charge in [0.15, 0.2) is 0 Å². The molecule has 2 N–H and O–H groups in total. The summed E-state index contributed by atoms with van der Waals surface area (Å²) >= 11 is 0. The molecule has 3 nitrogen and oxygen atoms in total. The molecule has 1 heterocycles. The maximum absolute atomic E-state index is 4.36. The Labute approximate surface area is 92.3 Å². The number of aryl methyl sites for hydroxylation is 1. The highest BCUT2D eigenvalue weighted by atomic mass is 15.0. The van der Waals surface area contributed by atoms with E-state index in [0.29, 0.717) is 0 Å². The van der Waals surface area contributed by atoms with Crippen molar-refractivity contribution < 1.29 is 0 Å². The van der Waals surface area contributed by atoms with Crippen LogP contribution in [0.5, 0.6) is 0 Å². The molecule has 84 valence electrons. The Morgan fingerprint density at radius 3 is 2.47 bits per heavy atom. The van der Waals surface area contributed by atoms with Gasteiger partial charge in [-0.2, -0.15) is 0 Å². The summed E-state index contributed by atoms with van der Waals surface area (Å²) in [5.41, 5.74) is 2.46. The van der Waals surface area contributed by atoms with Crippen LogP contribution in [0, 0.1) is 6.92 Å². The number of pyridine rings is 1. The van der Waals surface area contributed by atoms with Crippen LogP contribution in [0.15, 0.2) is 12.1 Å². The molecule has 0 aliphatic heterocycles. The van der Waals surface area contributed by atoms with Crippen LogP contribution in [0.3, 0.4) is 0 Å². The second-order valence-electron chi connectivity index (χ2n) is 4.86. The van der Waals surface area contributed by atoms with Gasteiger partial charge >= 0.3 is 0 Å². The predicted octanol–water partition coefficient (Wildman–Crippen LogP) is 2.32. The van der Waals surface area contributed by atoms with Crippen molar-refractivity contribution in [3.05, 3.63) is 23.4 Å². The van der Waals surface area contributed by atoms with Crippen molar-refractivity contribution in [1.29, 1.82) is 0 Å². The molecule has 0 amide bonds. The van der Waals surface area contributed by atoms with Gasteiger partial charge in [-0.3, -0.25) is 0 Å². The Bertz CT molecular complexity index is 326. The quantitative estimate of drug-likeness (QED) is 0.798. The van der Waals surface area contributed by atoms with Gasteiger partial charge in [0.1, 0.15) is 5.82 Å². The molecule has 0 spiro atoms. The number of hydrogen-bond acceptors (Lipinski definition) is 3. The predicted molar refractivity (Wildman–Crippen MR) is 65.1 cm³/mol. The molecule has 1 aromatic rings. The van der Waals surface area contributed by atoms with Gasteiger partial charge in [0.05, 0.1) is 0 Å². The first kappa shape index (κ1) is 12.0. The van der Waals surface area contributed by atoms with Crippen LogP contribution in [0.4, 0.5) is 5.82 Å². The molecule has 0 saturated carbocycles. The lowest BCUT2D eigenvalue weighted by Crippen LogP contribution is -2.35. The summed E-state index contributed by atoms with van der Waals surface area (Å²) < 4.78 is 0. The average molecular weight is 207 g/mol. The molecule has 0 aromatic carbocycles. The molecule has 0 atom stereocenters. The molecule has 1 aromatic heterocycles. The van der Waals surface area contributed by atoms with Crippen LogP contribution in [0.25, 0.3) is 0 Å². The molecule has 3 heteroatoms. The molecule has 1 rings (SSSR count). The third-order valence-electron chi connectivity index (χ3n) is 2.09. The van der Waals surface area contributed by atoms with Crippen molar-refractivity contribution in [2.45, 2.75) is 39.8 Å². The van der Waals surface area contributed by atoms with Crippen LogP contribution in [-0.2, 0) is 6.54 Å². The maximum Gasteiger partial charge on any atom is 0.126 e. The number of nitrogens with one attached hydrogen (secondary N) is 2. The standard InChI is InChI=1S/C12H21N3/c1-9-6-10(7-11(13-5)15-9)8-14-12(2,3)4/h6-7,14H,8H2,1-5H3,(H,13,15). The summed E-state index contributed by atoms with van der Waals surface area (Å²) in [6, 6.07) is 4.19. The number of rotatable bonds is 3.